The minimum absolute atomic E-state index is 0.161. The van der Waals surface area contributed by atoms with Crippen molar-refractivity contribution in [2.45, 2.75) is 25.6 Å². The third kappa shape index (κ3) is 4.49. The smallest absolute Gasteiger partial charge is 0.338 e. The topological polar surface area (TPSA) is 38.8 Å². The average Bonchev–Trinajstić information content (AvgIpc) is 2.79. The van der Waals surface area contributed by atoms with E-state index < -0.39 is 0 Å². The van der Waals surface area contributed by atoms with E-state index in [1.807, 2.05) is 30.3 Å². The second-order valence-corrected chi connectivity index (χ2v) is 7.32. The average molecular weight is 387 g/mol. The van der Waals surface area contributed by atoms with Gasteiger partial charge in [0.05, 0.1) is 12.7 Å². The monoisotopic (exact) mass is 387 g/mol. The third-order valence-electron chi connectivity index (χ3n) is 5.38. The Balaban J connectivity index is 1.62. The highest BCUT2D eigenvalue weighted by atomic mass is 16.5. The molecule has 0 saturated carbocycles. The van der Waals surface area contributed by atoms with Gasteiger partial charge in [-0.05, 0) is 29.7 Å². The molecule has 1 aliphatic rings. The molecule has 3 aromatic rings. The molecule has 1 heterocycles. The van der Waals surface area contributed by atoms with Gasteiger partial charge in [0.25, 0.3) is 0 Å². The molecular weight excluding hydrogens is 362 g/mol. The Hall–Kier alpha value is -3.11. The van der Waals surface area contributed by atoms with E-state index in [1.54, 1.807) is 0 Å². The molecule has 4 heteroatoms. The molecule has 0 unspecified atom stereocenters. The van der Waals surface area contributed by atoms with Crippen LogP contribution in [0.2, 0.25) is 0 Å². The molecule has 0 aliphatic carbocycles. The summed E-state index contributed by atoms with van der Waals surface area (Å²) in [6.07, 6.45) is 0.750. The standard InChI is InChI=1S/C25H25NO3/c1-28-25(27)22-13-8-14-24-23(22)15-21(18-29-24)26(16-19-9-4-2-5-10-19)17-20-11-6-3-7-12-20/h2-14,21H,15-18H2,1H3/t21-/m0/s1. The van der Waals surface area contributed by atoms with Crippen molar-refractivity contribution >= 4 is 5.97 Å². The van der Waals surface area contributed by atoms with Gasteiger partial charge >= 0.3 is 5.97 Å². The summed E-state index contributed by atoms with van der Waals surface area (Å²) in [7, 11) is 1.42. The lowest BCUT2D eigenvalue weighted by molar-refractivity contribution is 0.0593. The first-order valence-corrected chi connectivity index (χ1v) is 9.89. The van der Waals surface area contributed by atoms with Gasteiger partial charge in [-0.2, -0.15) is 0 Å². The van der Waals surface area contributed by atoms with Crippen LogP contribution in [-0.2, 0) is 24.2 Å². The molecular formula is C25H25NO3. The summed E-state index contributed by atoms with van der Waals surface area (Å²) in [4.78, 5) is 14.7. The summed E-state index contributed by atoms with van der Waals surface area (Å²) < 4.78 is 11.1. The quantitative estimate of drug-likeness (QED) is 0.585. The van der Waals surface area contributed by atoms with E-state index in [2.05, 4.69) is 53.4 Å². The normalized spacial score (nSPS) is 15.4. The number of nitrogens with zero attached hydrogens (tertiary/aromatic N) is 1. The van der Waals surface area contributed by atoms with Crippen molar-refractivity contribution in [2.24, 2.45) is 0 Å². The van der Waals surface area contributed by atoms with E-state index in [9.17, 15) is 4.79 Å². The molecule has 0 radical (unpaired) electrons. The van der Waals surface area contributed by atoms with Gasteiger partial charge in [-0.25, -0.2) is 4.79 Å². The van der Waals surface area contributed by atoms with Crippen molar-refractivity contribution in [3.8, 4) is 5.75 Å². The molecule has 1 aliphatic heterocycles. The number of rotatable bonds is 6. The fourth-order valence-corrected chi connectivity index (χ4v) is 3.88. The van der Waals surface area contributed by atoms with Crippen molar-refractivity contribution in [3.05, 3.63) is 101 Å². The van der Waals surface area contributed by atoms with Gasteiger partial charge in [-0.1, -0.05) is 66.7 Å². The Morgan fingerprint density at radius 2 is 1.55 bits per heavy atom. The summed E-state index contributed by atoms with van der Waals surface area (Å²) in [5.41, 5.74) is 4.04. The Morgan fingerprint density at radius 1 is 0.931 bits per heavy atom. The molecule has 4 rings (SSSR count). The van der Waals surface area contributed by atoms with Gasteiger partial charge in [0.2, 0.25) is 0 Å². The summed E-state index contributed by atoms with van der Waals surface area (Å²) >= 11 is 0. The zero-order valence-corrected chi connectivity index (χ0v) is 16.6. The highest BCUT2D eigenvalue weighted by molar-refractivity contribution is 5.92. The predicted octanol–water partition coefficient (Wildman–Crippen LogP) is 4.48. The molecule has 0 bridgehead atoms. The lowest BCUT2D eigenvalue weighted by Gasteiger charge is -2.35. The first-order valence-electron chi connectivity index (χ1n) is 9.89. The zero-order chi connectivity index (χ0) is 20.1. The number of methoxy groups -OCH3 is 1. The van der Waals surface area contributed by atoms with Gasteiger partial charge in [0, 0.05) is 24.7 Å². The molecule has 0 amide bonds. The van der Waals surface area contributed by atoms with Crippen LogP contribution < -0.4 is 4.74 Å². The fourth-order valence-electron chi connectivity index (χ4n) is 3.88. The van der Waals surface area contributed by atoms with Crippen molar-refractivity contribution < 1.29 is 14.3 Å². The maximum Gasteiger partial charge on any atom is 0.338 e. The Labute approximate surface area is 171 Å². The number of hydrogen-bond donors (Lipinski definition) is 0. The van der Waals surface area contributed by atoms with Crippen LogP contribution >= 0.6 is 0 Å². The van der Waals surface area contributed by atoms with E-state index in [4.69, 9.17) is 9.47 Å². The van der Waals surface area contributed by atoms with Crippen LogP contribution in [-0.4, -0.2) is 30.6 Å². The van der Waals surface area contributed by atoms with Gasteiger partial charge < -0.3 is 9.47 Å². The largest absolute Gasteiger partial charge is 0.492 e. The highest BCUT2D eigenvalue weighted by Gasteiger charge is 2.29. The lowest BCUT2D eigenvalue weighted by Crippen LogP contribution is -2.42. The van der Waals surface area contributed by atoms with Crippen LogP contribution in [0.4, 0.5) is 0 Å². The van der Waals surface area contributed by atoms with Crippen molar-refractivity contribution in [2.75, 3.05) is 13.7 Å². The molecule has 0 N–H and O–H groups in total. The second kappa shape index (κ2) is 8.93. The van der Waals surface area contributed by atoms with Gasteiger partial charge in [-0.15, -0.1) is 0 Å². The lowest BCUT2D eigenvalue weighted by atomic mass is 9.95. The first-order chi connectivity index (χ1) is 14.2. The predicted molar refractivity (Wildman–Crippen MR) is 113 cm³/mol. The summed E-state index contributed by atoms with van der Waals surface area (Å²) in [5, 5.41) is 0. The summed E-state index contributed by atoms with van der Waals surface area (Å²) in [6.45, 7) is 2.23. The van der Waals surface area contributed by atoms with E-state index >= 15 is 0 Å². The number of fused-ring (bicyclic) bond motifs is 1. The van der Waals surface area contributed by atoms with Crippen LogP contribution in [0.5, 0.6) is 5.75 Å². The Morgan fingerprint density at radius 3 is 2.14 bits per heavy atom. The number of hydrogen-bond acceptors (Lipinski definition) is 4. The van der Waals surface area contributed by atoms with E-state index in [0.717, 1.165) is 30.8 Å². The Bertz CT molecular complexity index is 915. The van der Waals surface area contributed by atoms with Crippen molar-refractivity contribution in [1.29, 1.82) is 0 Å². The van der Waals surface area contributed by atoms with Gasteiger partial charge in [0.15, 0.2) is 0 Å². The van der Waals surface area contributed by atoms with Crippen molar-refractivity contribution in [3.63, 3.8) is 0 Å². The number of ether oxygens (including phenoxy) is 2. The maximum absolute atomic E-state index is 12.3. The number of benzene rings is 3. The number of carbonyl (C=O) groups excluding carboxylic acids is 1. The fraction of sp³-hybridized carbons (Fsp3) is 0.240. The van der Waals surface area contributed by atoms with Crippen molar-refractivity contribution in [1.82, 2.24) is 4.90 Å². The molecule has 0 spiro atoms. The van der Waals surface area contributed by atoms with Crippen LogP contribution in [0.25, 0.3) is 0 Å². The van der Waals surface area contributed by atoms with Gasteiger partial charge in [-0.3, -0.25) is 4.90 Å². The van der Waals surface area contributed by atoms with Crippen LogP contribution in [0.1, 0.15) is 27.0 Å². The Kier molecular flexibility index (Phi) is 5.92. The molecule has 148 valence electrons. The van der Waals surface area contributed by atoms with E-state index in [-0.39, 0.29) is 12.0 Å². The second-order valence-electron chi connectivity index (χ2n) is 7.32. The minimum atomic E-state index is -0.316. The molecule has 0 fully saturated rings. The number of esters is 1. The summed E-state index contributed by atoms with van der Waals surface area (Å²) in [5.74, 6) is 0.465. The summed E-state index contributed by atoms with van der Waals surface area (Å²) in [6, 6.07) is 26.7. The van der Waals surface area contributed by atoms with Gasteiger partial charge in [0.1, 0.15) is 12.4 Å². The first kappa shape index (κ1) is 19.2. The SMILES string of the molecule is COC(=O)c1cccc2c1C[C@H](N(Cc1ccccc1)Cc1ccccc1)CO2. The molecule has 3 aromatic carbocycles. The molecule has 0 saturated heterocycles. The molecule has 29 heavy (non-hydrogen) atoms. The molecule has 0 aromatic heterocycles. The number of carbonyl (C=O) groups is 1. The minimum Gasteiger partial charge on any atom is -0.492 e. The third-order valence-corrected chi connectivity index (χ3v) is 5.38. The van der Waals surface area contributed by atoms with E-state index in [0.29, 0.717) is 12.2 Å². The highest BCUT2D eigenvalue weighted by Crippen LogP contribution is 2.31. The molecule has 4 nitrogen and oxygen atoms in total. The zero-order valence-electron chi connectivity index (χ0n) is 16.6. The maximum atomic E-state index is 12.3. The van der Waals surface area contributed by atoms with Crippen LogP contribution in [0.15, 0.2) is 78.9 Å². The molecule has 1 atom stereocenters. The van der Waals surface area contributed by atoms with Crippen LogP contribution in [0.3, 0.4) is 0 Å². The van der Waals surface area contributed by atoms with E-state index in [1.165, 1.54) is 18.2 Å². The van der Waals surface area contributed by atoms with Crippen LogP contribution in [0, 0.1) is 0 Å².